The van der Waals surface area contributed by atoms with Crippen molar-refractivity contribution in [3.05, 3.63) is 29.8 Å². The van der Waals surface area contributed by atoms with Crippen molar-refractivity contribution in [3.63, 3.8) is 0 Å². The molecule has 82 valence electrons. The minimum Gasteiger partial charge on any atom is -0.389 e. The first-order valence-electron chi connectivity index (χ1n) is 4.91. The number of nitrogens with zero attached hydrogens (tertiary/aromatic N) is 1. The summed E-state index contributed by atoms with van der Waals surface area (Å²) in [6, 6.07) is 7.28. The topological polar surface area (TPSA) is 40.5 Å². The first-order valence-corrected chi connectivity index (χ1v) is 4.91. The zero-order valence-electron chi connectivity index (χ0n) is 9.40. The van der Waals surface area contributed by atoms with Gasteiger partial charge in [-0.2, -0.15) is 0 Å². The summed E-state index contributed by atoms with van der Waals surface area (Å²) in [7, 11) is 1.91. The minimum atomic E-state index is -0.724. The van der Waals surface area contributed by atoms with Gasteiger partial charge in [-0.3, -0.25) is 4.79 Å². The predicted molar refractivity (Wildman–Crippen MR) is 61.4 cm³/mol. The van der Waals surface area contributed by atoms with E-state index in [2.05, 4.69) is 0 Å². The number of benzene rings is 1. The van der Waals surface area contributed by atoms with E-state index in [0.717, 1.165) is 12.0 Å². The quantitative estimate of drug-likeness (QED) is 0.764. The van der Waals surface area contributed by atoms with Crippen LogP contribution in [0.3, 0.4) is 0 Å². The summed E-state index contributed by atoms with van der Waals surface area (Å²) in [6.07, 6.45) is 0.819. The second-order valence-electron chi connectivity index (χ2n) is 4.38. The Morgan fingerprint density at radius 2 is 1.87 bits per heavy atom. The number of hydrogen-bond donors (Lipinski definition) is 1. The second kappa shape index (κ2) is 4.45. The summed E-state index contributed by atoms with van der Waals surface area (Å²) in [4.78, 5) is 12.4. The van der Waals surface area contributed by atoms with E-state index in [0.29, 0.717) is 12.1 Å². The monoisotopic (exact) mass is 207 g/mol. The standard InChI is InChI=1S/C12H17NO2/c1-12(2,15)9-13(3)11-6-4-10(8-14)5-7-11/h4-8,15H,9H2,1-3H3. The molecular weight excluding hydrogens is 190 g/mol. The van der Waals surface area contributed by atoms with E-state index in [1.54, 1.807) is 26.0 Å². The van der Waals surface area contributed by atoms with Crippen molar-refractivity contribution < 1.29 is 9.90 Å². The zero-order valence-corrected chi connectivity index (χ0v) is 9.40. The molecule has 0 saturated carbocycles. The van der Waals surface area contributed by atoms with E-state index < -0.39 is 5.60 Å². The largest absolute Gasteiger partial charge is 0.389 e. The minimum absolute atomic E-state index is 0.549. The van der Waals surface area contributed by atoms with Gasteiger partial charge in [-0.15, -0.1) is 0 Å². The van der Waals surface area contributed by atoms with Gasteiger partial charge in [-0.05, 0) is 38.1 Å². The van der Waals surface area contributed by atoms with Crippen molar-refractivity contribution in [1.29, 1.82) is 0 Å². The third kappa shape index (κ3) is 3.72. The summed E-state index contributed by atoms with van der Waals surface area (Å²) in [5, 5.41) is 9.65. The average Bonchev–Trinajstić information content (AvgIpc) is 2.15. The van der Waals surface area contributed by atoms with Crippen molar-refractivity contribution in [3.8, 4) is 0 Å². The van der Waals surface area contributed by atoms with Crippen molar-refractivity contribution in [2.24, 2.45) is 0 Å². The highest BCUT2D eigenvalue weighted by atomic mass is 16.3. The Labute approximate surface area is 90.3 Å². The van der Waals surface area contributed by atoms with Crippen LogP contribution in [0.1, 0.15) is 24.2 Å². The number of aldehydes is 1. The zero-order chi connectivity index (χ0) is 11.5. The van der Waals surface area contributed by atoms with Crippen molar-refractivity contribution in [2.75, 3.05) is 18.5 Å². The number of aliphatic hydroxyl groups is 1. The molecule has 0 unspecified atom stereocenters. The van der Waals surface area contributed by atoms with Crippen LogP contribution < -0.4 is 4.90 Å². The van der Waals surface area contributed by atoms with Gasteiger partial charge >= 0.3 is 0 Å². The molecule has 3 nitrogen and oxygen atoms in total. The smallest absolute Gasteiger partial charge is 0.150 e. The fourth-order valence-corrected chi connectivity index (χ4v) is 1.48. The Morgan fingerprint density at radius 1 is 1.33 bits per heavy atom. The van der Waals surface area contributed by atoms with Crippen LogP contribution in [0, 0.1) is 0 Å². The van der Waals surface area contributed by atoms with Crippen molar-refractivity contribution in [2.45, 2.75) is 19.4 Å². The lowest BCUT2D eigenvalue weighted by Crippen LogP contribution is -2.36. The average molecular weight is 207 g/mol. The highest BCUT2D eigenvalue weighted by Gasteiger charge is 2.15. The van der Waals surface area contributed by atoms with Crippen molar-refractivity contribution in [1.82, 2.24) is 0 Å². The van der Waals surface area contributed by atoms with Crippen LogP contribution in [0.2, 0.25) is 0 Å². The molecule has 0 radical (unpaired) electrons. The highest BCUT2D eigenvalue weighted by molar-refractivity contribution is 5.75. The Balaban J connectivity index is 2.74. The molecule has 3 heteroatoms. The Kier molecular flexibility index (Phi) is 3.48. The van der Waals surface area contributed by atoms with Crippen LogP contribution >= 0.6 is 0 Å². The molecule has 0 bridgehead atoms. The maximum atomic E-state index is 10.5. The van der Waals surface area contributed by atoms with E-state index in [4.69, 9.17) is 0 Å². The molecule has 0 fully saturated rings. The Morgan fingerprint density at radius 3 is 2.27 bits per heavy atom. The molecule has 15 heavy (non-hydrogen) atoms. The second-order valence-corrected chi connectivity index (χ2v) is 4.38. The van der Waals surface area contributed by atoms with Crippen molar-refractivity contribution >= 4 is 12.0 Å². The van der Waals surface area contributed by atoms with Gasteiger partial charge < -0.3 is 10.0 Å². The number of carbonyl (C=O) groups excluding carboxylic acids is 1. The third-order valence-corrected chi connectivity index (χ3v) is 2.09. The number of likely N-dealkylation sites (N-methyl/N-ethyl adjacent to an activating group) is 1. The molecule has 0 saturated heterocycles. The summed E-state index contributed by atoms with van der Waals surface area (Å²) in [5.74, 6) is 0. The molecule has 0 atom stereocenters. The number of rotatable bonds is 4. The maximum Gasteiger partial charge on any atom is 0.150 e. The lowest BCUT2D eigenvalue weighted by molar-refractivity contribution is 0.0886. The molecule has 1 N–H and O–H groups in total. The van der Waals surface area contributed by atoms with Crippen LogP contribution in [0.25, 0.3) is 0 Å². The molecular formula is C12H17NO2. The van der Waals surface area contributed by atoms with Crippen LogP contribution in [-0.4, -0.2) is 30.6 Å². The molecule has 1 rings (SSSR count). The number of anilines is 1. The Bertz CT molecular complexity index is 324. The SMILES string of the molecule is CN(CC(C)(C)O)c1ccc(C=O)cc1. The molecule has 1 aromatic rings. The van der Waals surface area contributed by atoms with Gasteiger partial charge in [0.25, 0.3) is 0 Å². The molecule has 0 spiro atoms. The molecule has 0 aliphatic carbocycles. The third-order valence-electron chi connectivity index (χ3n) is 2.09. The molecule has 0 heterocycles. The van der Waals surface area contributed by atoms with Crippen LogP contribution in [0.4, 0.5) is 5.69 Å². The highest BCUT2D eigenvalue weighted by Crippen LogP contribution is 2.15. The molecule has 0 aliphatic heterocycles. The normalized spacial score (nSPS) is 11.2. The first kappa shape index (κ1) is 11.7. The maximum absolute atomic E-state index is 10.5. The molecule has 0 amide bonds. The fraction of sp³-hybridized carbons (Fsp3) is 0.417. The number of carbonyl (C=O) groups is 1. The van der Waals surface area contributed by atoms with Gasteiger partial charge in [0.15, 0.2) is 0 Å². The predicted octanol–water partition coefficient (Wildman–Crippen LogP) is 1.71. The lowest BCUT2D eigenvalue weighted by Gasteiger charge is -2.27. The van der Waals surface area contributed by atoms with E-state index in [1.165, 1.54) is 0 Å². The van der Waals surface area contributed by atoms with E-state index in [1.807, 2.05) is 24.1 Å². The van der Waals surface area contributed by atoms with Gasteiger partial charge in [0.1, 0.15) is 6.29 Å². The summed E-state index contributed by atoms with van der Waals surface area (Å²) >= 11 is 0. The Hall–Kier alpha value is -1.35. The lowest BCUT2D eigenvalue weighted by atomic mass is 10.1. The first-order chi connectivity index (χ1) is 6.92. The van der Waals surface area contributed by atoms with Gasteiger partial charge in [0.2, 0.25) is 0 Å². The van der Waals surface area contributed by atoms with Crippen LogP contribution in [0.15, 0.2) is 24.3 Å². The van der Waals surface area contributed by atoms with Gasteiger partial charge in [0.05, 0.1) is 5.60 Å². The molecule has 1 aromatic carbocycles. The van der Waals surface area contributed by atoms with Crippen LogP contribution in [-0.2, 0) is 0 Å². The van der Waals surface area contributed by atoms with Gasteiger partial charge in [-0.25, -0.2) is 0 Å². The molecule has 0 aromatic heterocycles. The van der Waals surface area contributed by atoms with Crippen LogP contribution in [0.5, 0.6) is 0 Å². The van der Waals surface area contributed by atoms with E-state index >= 15 is 0 Å². The summed E-state index contributed by atoms with van der Waals surface area (Å²) in [6.45, 7) is 4.08. The van der Waals surface area contributed by atoms with E-state index in [-0.39, 0.29) is 0 Å². The summed E-state index contributed by atoms with van der Waals surface area (Å²) < 4.78 is 0. The van der Waals surface area contributed by atoms with E-state index in [9.17, 15) is 9.90 Å². The molecule has 0 aliphatic rings. The fourth-order valence-electron chi connectivity index (χ4n) is 1.48. The van der Waals surface area contributed by atoms with Gasteiger partial charge in [0, 0.05) is 24.8 Å². The number of hydrogen-bond acceptors (Lipinski definition) is 3. The van der Waals surface area contributed by atoms with Gasteiger partial charge in [-0.1, -0.05) is 0 Å². The summed E-state index contributed by atoms with van der Waals surface area (Å²) in [5.41, 5.74) is 0.927.